The Bertz CT molecular complexity index is 1050. The van der Waals surface area contributed by atoms with E-state index in [0.29, 0.717) is 24.8 Å². The van der Waals surface area contributed by atoms with Crippen LogP contribution < -0.4 is 10.1 Å². The van der Waals surface area contributed by atoms with E-state index in [4.69, 9.17) is 9.26 Å². The molecule has 1 N–H and O–H groups in total. The Kier molecular flexibility index (Phi) is 7.40. The highest BCUT2D eigenvalue weighted by molar-refractivity contribution is 5.78. The first kappa shape index (κ1) is 23.0. The van der Waals surface area contributed by atoms with Crippen molar-refractivity contribution in [3.8, 4) is 17.1 Å². The number of hydrogen-bond acceptors (Lipinski definition) is 6. The molecular weight excluding hydrogens is 416 g/mol. The molecule has 1 saturated heterocycles. The largest absolute Gasteiger partial charge is 0.491 e. The molecule has 0 saturated carbocycles. The van der Waals surface area contributed by atoms with Gasteiger partial charge >= 0.3 is 0 Å². The van der Waals surface area contributed by atoms with Crippen molar-refractivity contribution in [1.82, 2.24) is 20.4 Å². The number of ether oxygens (including phenoxy) is 1. The Labute approximate surface area is 195 Å². The van der Waals surface area contributed by atoms with Crippen molar-refractivity contribution < 1.29 is 14.1 Å². The first-order valence-electron chi connectivity index (χ1n) is 11.6. The summed E-state index contributed by atoms with van der Waals surface area (Å²) in [5, 5.41) is 7.20. The van der Waals surface area contributed by atoms with Crippen LogP contribution in [0.4, 0.5) is 0 Å². The predicted octanol–water partition coefficient (Wildman–Crippen LogP) is 4.36. The van der Waals surface area contributed by atoms with Crippen LogP contribution >= 0.6 is 0 Å². The Balaban J connectivity index is 1.23. The van der Waals surface area contributed by atoms with Gasteiger partial charge in [-0.25, -0.2) is 0 Å². The SMILES string of the molecule is Cc1ccc(-c2noc(CN3CCC(C(=O)NCc4cccc(OC(C)C)c4)CC3)n2)cc1. The zero-order chi connectivity index (χ0) is 23.2. The minimum atomic E-state index is 0.0298. The maximum Gasteiger partial charge on any atom is 0.241 e. The van der Waals surface area contributed by atoms with Crippen LogP contribution in [0.1, 0.15) is 43.7 Å². The third-order valence-corrected chi connectivity index (χ3v) is 5.83. The van der Waals surface area contributed by atoms with Crippen LogP contribution in [0.2, 0.25) is 0 Å². The molecule has 0 atom stereocenters. The highest BCUT2D eigenvalue weighted by atomic mass is 16.5. The number of aromatic nitrogens is 2. The van der Waals surface area contributed by atoms with Crippen LogP contribution in [0.3, 0.4) is 0 Å². The van der Waals surface area contributed by atoms with E-state index in [2.05, 4.69) is 27.3 Å². The summed E-state index contributed by atoms with van der Waals surface area (Å²) in [5.74, 6) is 2.20. The molecule has 7 heteroatoms. The smallest absolute Gasteiger partial charge is 0.241 e. The highest BCUT2D eigenvalue weighted by Gasteiger charge is 2.26. The summed E-state index contributed by atoms with van der Waals surface area (Å²) in [7, 11) is 0. The second-order valence-corrected chi connectivity index (χ2v) is 8.96. The molecule has 1 fully saturated rings. The number of carbonyl (C=O) groups is 1. The van der Waals surface area contributed by atoms with Gasteiger partial charge in [-0.2, -0.15) is 4.98 Å². The zero-order valence-electron chi connectivity index (χ0n) is 19.6. The van der Waals surface area contributed by atoms with Gasteiger partial charge < -0.3 is 14.6 Å². The van der Waals surface area contributed by atoms with Gasteiger partial charge in [0.2, 0.25) is 17.6 Å². The lowest BCUT2D eigenvalue weighted by atomic mass is 9.96. The van der Waals surface area contributed by atoms with Crippen LogP contribution in [0.25, 0.3) is 11.4 Å². The number of carbonyl (C=O) groups excluding carboxylic acids is 1. The second-order valence-electron chi connectivity index (χ2n) is 8.96. The number of amides is 1. The van der Waals surface area contributed by atoms with Crippen LogP contribution in [-0.4, -0.2) is 40.1 Å². The summed E-state index contributed by atoms with van der Waals surface area (Å²) in [6.45, 7) is 8.84. The van der Waals surface area contributed by atoms with Crippen molar-refractivity contribution in [2.75, 3.05) is 13.1 Å². The highest BCUT2D eigenvalue weighted by Crippen LogP contribution is 2.21. The summed E-state index contributed by atoms with van der Waals surface area (Å²) in [6.07, 6.45) is 1.77. The number of piperidine rings is 1. The third kappa shape index (κ3) is 6.42. The van der Waals surface area contributed by atoms with Crippen molar-refractivity contribution in [2.24, 2.45) is 5.92 Å². The van der Waals surface area contributed by atoms with Gasteiger partial charge in [0, 0.05) is 18.0 Å². The molecular formula is C26H32N4O3. The molecule has 0 radical (unpaired) electrons. The molecule has 1 amide bonds. The number of likely N-dealkylation sites (tertiary alicyclic amines) is 1. The third-order valence-electron chi connectivity index (χ3n) is 5.83. The molecule has 33 heavy (non-hydrogen) atoms. The second kappa shape index (κ2) is 10.6. The first-order valence-corrected chi connectivity index (χ1v) is 11.6. The van der Waals surface area contributed by atoms with Crippen molar-refractivity contribution in [3.05, 3.63) is 65.5 Å². The molecule has 1 aliphatic heterocycles. The van der Waals surface area contributed by atoms with Gasteiger partial charge in [0.25, 0.3) is 0 Å². The number of hydrogen-bond donors (Lipinski definition) is 1. The molecule has 0 unspecified atom stereocenters. The summed E-state index contributed by atoms with van der Waals surface area (Å²) < 4.78 is 11.2. The number of rotatable bonds is 8. The van der Waals surface area contributed by atoms with Gasteiger partial charge in [-0.05, 0) is 64.4 Å². The average molecular weight is 449 g/mol. The van der Waals surface area contributed by atoms with Crippen molar-refractivity contribution >= 4 is 5.91 Å². The fourth-order valence-corrected chi connectivity index (χ4v) is 4.02. The molecule has 0 bridgehead atoms. The minimum absolute atomic E-state index is 0.0298. The Morgan fingerprint density at radius 3 is 2.67 bits per heavy atom. The molecule has 7 nitrogen and oxygen atoms in total. The lowest BCUT2D eigenvalue weighted by molar-refractivity contribution is -0.126. The molecule has 2 heterocycles. The van der Waals surface area contributed by atoms with E-state index in [1.807, 2.05) is 62.4 Å². The summed E-state index contributed by atoms with van der Waals surface area (Å²) >= 11 is 0. The number of nitrogens with zero attached hydrogens (tertiary/aromatic N) is 3. The number of nitrogens with one attached hydrogen (secondary N) is 1. The average Bonchev–Trinajstić information content (AvgIpc) is 3.27. The lowest BCUT2D eigenvalue weighted by Crippen LogP contribution is -2.40. The lowest BCUT2D eigenvalue weighted by Gasteiger charge is -2.30. The zero-order valence-corrected chi connectivity index (χ0v) is 19.6. The molecule has 174 valence electrons. The van der Waals surface area contributed by atoms with E-state index in [1.165, 1.54) is 5.56 Å². The molecule has 4 rings (SSSR count). The van der Waals surface area contributed by atoms with Crippen molar-refractivity contribution in [1.29, 1.82) is 0 Å². The molecule has 1 aromatic heterocycles. The van der Waals surface area contributed by atoms with Gasteiger partial charge in [-0.3, -0.25) is 9.69 Å². The van der Waals surface area contributed by atoms with Gasteiger partial charge in [-0.15, -0.1) is 0 Å². The topological polar surface area (TPSA) is 80.5 Å². The summed E-state index contributed by atoms with van der Waals surface area (Å²) in [6, 6.07) is 16.0. The standard InChI is InChI=1S/C26H32N4O3/c1-18(2)32-23-6-4-5-20(15-23)16-27-26(31)22-11-13-30(14-12-22)17-24-28-25(29-33-24)21-9-7-19(3)8-10-21/h4-10,15,18,22H,11-14,16-17H2,1-3H3,(H,27,31). The molecule has 3 aromatic rings. The maximum absolute atomic E-state index is 12.7. The van der Waals surface area contributed by atoms with Gasteiger partial charge in [0.1, 0.15) is 5.75 Å². The van der Waals surface area contributed by atoms with E-state index in [-0.39, 0.29) is 17.9 Å². The van der Waals surface area contributed by atoms with Gasteiger partial charge in [0.15, 0.2) is 0 Å². The van der Waals surface area contributed by atoms with E-state index in [9.17, 15) is 4.79 Å². The monoisotopic (exact) mass is 448 g/mol. The molecule has 0 spiro atoms. The van der Waals surface area contributed by atoms with E-state index in [0.717, 1.165) is 42.8 Å². The predicted molar refractivity (Wildman–Crippen MR) is 127 cm³/mol. The Morgan fingerprint density at radius 2 is 1.94 bits per heavy atom. The normalized spacial score (nSPS) is 15.0. The fourth-order valence-electron chi connectivity index (χ4n) is 4.02. The quantitative estimate of drug-likeness (QED) is 0.552. The van der Waals surface area contributed by atoms with Crippen LogP contribution in [0.5, 0.6) is 5.75 Å². The summed E-state index contributed by atoms with van der Waals surface area (Å²) in [4.78, 5) is 19.5. The van der Waals surface area contributed by atoms with Crippen molar-refractivity contribution in [3.63, 3.8) is 0 Å². The van der Waals surface area contributed by atoms with Crippen molar-refractivity contribution in [2.45, 2.75) is 52.8 Å². The minimum Gasteiger partial charge on any atom is -0.491 e. The summed E-state index contributed by atoms with van der Waals surface area (Å²) in [5.41, 5.74) is 3.19. The molecule has 0 aliphatic carbocycles. The fraction of sp³-hybridized carbons (Fsp3) is 0.423. The maximum atomic E-state index is 12.7. The van der Waals surface area contributed by atoms with Gasteiger partial charge in [-0.1, -0.05) is 47.1 Å². The Morgan fingerprint density at radius 1 is 1.18 bits per heavy atom. The Hall–Kier alpha value is -3.19. The molecule has 2 aromatic carbocycles. The van der Waals surface area contributed by atoms with Crippen LogP contribution in [0, 0.1) is 12.8 Å². The van der Waals surface area contributed by atoms with Gasteiger partial charge in [0.05, 0.1) is 12.6 Å². The van der Waals surface area contributed by atoms with E-state index in [1.54, 1.807) is 0 Å². The van der Waals surface area contributed by atoms with Crippen LogP contribution in [0.15, 0.2) is 53.1 Å². The first-order chi connectivity index (χ1) is 16.0. The van der Waals surface area contributed by atoms with E-state index >= 15 is 0 Å². The van der Waals surface area contributed by atoms with E-state index < -0.39 is 0 Å². The molecule has 1 aliphatic rings. The number of benzene rings is 2. The van der Waals surface area contributed by atoms with Crippen LogP contribution in [-0.2, 0) is 17.9 Å². The number of aryl methyl sites for hydroxylation is 1.